The molecular formula is C32H40N4O2+2. The lowest BCUT2D eigenvalue weighted by Gasteiger charge is -2.27. The number of fused-ring (bicyclic) bond motifs is 2. The molecule has 0 atom stereocenters. The van der Waals surface area contributed by atoms with Crippen LogP contribution in [0.2, 0.25) is 0 Å². The number of hydrogen-bond acceptors (Lipinski definition) is 3. The van der Waals surface area contributed by atoms with Crippen molar-refractivity contribution < 1.29 is 14.5 Å². The van der Waals surface area contributed by atoms with E-state index in [4.69, 9.17) is 4.42 Å². The van der Waals surface area contributed by atoms with Gasteiger partial charge in [-0.05, 0) is 57.5 Å². The molecular weight excluding hydrogens is 472 g/mol. The predicted octanol–water partition coefficient (Wildman–Crippen LogP) is 3.88. The van der Waals surface area contributed by atoms with Crippen LogP contribution in [0.25, 0.3) is 33.4 Å². The van der Waals surface area contributed by atoms with Crippen LogP contribution >= 0.6 is 0 Å². The maximum atomic E-state index is 13.8. The summed E-state index contributed by atoms with van der Waals surface area (Å²) in [5, 5.41) is 4.44. The van der Waals surface area contributed by atoms with Gasteiger partial charge < -0.3 is 19.5 Å². The zero-order chi connectivity index (χ0) is 26.6. The van der Waals surface area contributed by atoms with Crippen molar-refractivity contribution in [1.82, 2.24) is 9.48 Å². The molecule has 2 N–H and O–H groups in total. The van der Waals surface area contributed by atoms with Gasteiger partial charge in [0.05, 0.1) is 32.2 Å². The van der Waals surface area contributed by atoms with E-state index in [0.29, 0.717) is 0 Å². The van der Waals surface area contributed by atoms with Gasteiger partial charge in [-0.2, -0.15) is 0 Å². The summed E-state index contributed by atoms with van der Waals surface area (Å²) in [4.78, 5) is 18.1. The van der Waals surface area contributed by atoms with Crippen molar-refractivity contribution in [3.8, 4) is 22.5 Å². The Hall–Kier alpha value is -3.64. The van der Waals surface area contributed by atoms with Crippen molar-refractivity contribution in [2.24, 2.45) is 0 Å². The molecule has 0 radical (unpaired) electrons. The average Bonchev–Trinajstić information content (AvgIpc) is 2.97. The van der Waals surface area contributed by atoms with Crippen molar-refractivity contribution >= 4 is 22.6 Å². The highest BCUT2D eigenvalue weighted by Crippen LogP contribution is 2.42. The number of nitrogens with zero attached hydrogens (tertiary/aromatic N) is 3. The largest absolute Gasteiger partial charge is 0.456 e. The minimum Gasteiger partial charge on any atom is -0.456 e. The molecule has 1 saturated heterocycles. The summed E-state index contributed by atoms with van der Waals surface area (Å²) < 4.78 is 8.96. The smallest absolute Gasteiger partial charge is 0.254 e. The van der Waals surface area contributed by atoms with Gasteiger partial charge in [-0.3, -0.25) is 4.79 Å². The molecule has 0 saturated carbocycles. The summed E-state index contributed by atoms with van der Waals surface area (Å²) >= 11 is 0. The molecule has 1 aliphatic carbocycles. The summed E-state index contributed by atoms with van der Waals surface area (Å²) in [5.41, 5.74) is 5.78. The SMILES string of the molecule is CCN(CC)c1ccc2c(-c3ccccc3C(=O)N3CC[NH2+]CC3)c3ccc(=[N+](CC)CC)cc-3oc2c1. The van der Waals surface area contributed by atoms with Crippen molar-refractivity contribution in [2.75, 3.05) is 57.3 Å². The Morgan fingerprint density at radius 2 is 1.66 bits per heavy atom. The average molecular weight is 513 g/mol. The number of amides is 1. The fourth-order valence-electron chi connectivity index (χ4n) is 5.74. The Bertz CT molecular complexity index is 1470. The molecule has 38 heavy (non-hydrogen) atoms. The number of piperazine rings is 1. The third-order valence-electron chi connectivity index (χ3n) is 7.87. The van der Waals surface area contributed by atoms with E-state index in [1.807, 2.05) is 23.1 Å². The highest BCUT2D eigenvalue weighted by Gasteiger charge is 2.26. The molecule has 2 heterocycles. The molecule has 2 aliphatic heterocycles. The second kappa shape index (κ2) is 11.4. The molecule has 3 aliphatic rings. The Morgan fingerprint density at radius 1 is 0.921 bits per heavy atom. The van der Waals surface area contributed by atoms with Gasteiger partial charge in [-0.25, -0.2) is 4.58 Å². The van der Waals surface area contributed by atoms with Gasteiger partial charge in [0.1, 0.15) is 24.4 Å². The van der Waals surface area contributed by atoms with Gasteiger partial charge in [-0.15, -0.1) is 0 Å². The third-order valence-corrected chi connectivity index (χ3v) is 7.87. The van der Waals surface area contributed by atoms with Crippen LogP contribution in [0.15, 0.2) is 65.1 Å². The molecule has 5 rings (SSSR count). The number of nitrogens with two attached hydrogens (primary N) is 1. The molecule has 6 heteroatoms. The summed E-state index contributed by atoms with van der Waals surface area (Å²) in [7, 11) is 0. The van der Waals surface area contributed by atoms with Crippen LogP contribution < -0.4 is 20.1 Å². The van der Waals surface area contributed by atoms with Crippen LogP contribution in [0.5, 0.6) is 0 Å². The first-order chi connectivity index (χ1) is 18.6. The monoisotopic (exact) mass is 512 g/mol. The Balaban J connectivity index is 1.80. The van der Waals surface area contributed by atoms with Gasteiger partial charge in [0.15, 0.2) is 0 Å². The van der Waals surface area contributed by atoms with Crippen LogP contribution in [0, 0.1) is 0 Å². The first kappa shape index (κ1) is 26.0. The van der Waals surface area contributed by atoms with E-state index in [1.165, 1.54) is 0 Å². The van der Waals surface area contributed by atoms with Gasteiger partial charge in [0.2, 0.25) is 5.36 Å². The molecule has 0 aromatic heterocycles. The van der Waals surface area contributed by atoms with Crippen LogP contribution in [-0.4, -0.2) is 63.2 Å². The Labute approximate surface area is 225 Å². The van der Waals surface area contributed by atoms with Gasteiger partial charge in [-0.1, -0.05) is 18.2 Å². The fourth-order valence-corrected chi connectivity index (χ4v) is 5.74. The molecule has 1 amide bonds. The summed E-state index contributed by atoms with van der Waals surface area (Å²) in [6.07, 6.45) is 0. The first-order valence-electron chi connectivity index (χ1n) is 14.1. The van der Waals surface area contributed by atoms with Gasteiger partial charge >= 0.3 is 0 Å². The lowest BCUT2D eigenvalue weighted by Crippen LogP contribution is -2.89. The molecule has 0 unspecified atom stereocenters. The van der Waals surface area contributed by atoms with Gasteiger partial charge in [0, 0.05) is 53.0 Å². The van der Waals surface area contributed by atoms with Crippen molar-refractivity contribution in [2.45, 2.75) is 27.7 Å². The number of anilines is 1. The van der Waals surface area contributed by atoms with Crippen LogP contribution in [0.3, 0.4) is 0 Å². The molecule has 2 aromatic carbocycles. The van der Waals surface area contributed by atoms with E-state index in [2.05, 4.69) is 85.0 Å². The molecule has 1 fully saturated rings. The van der Waals surface area contributed by atoms with E-state index in [9.17, 15) is 4.79 Å². The lowest BCUT2D eigenvalue weighted by molar-refractivity contribution is -0.661. The Morgan fingerprint density at radius 3 is 2.37 bits per heavy atom. The van der Waals surface area contributed by atoms with E-state index in [1.54, 1.807) is 0 Å². The van der Waals surface area contributed by atoms with E-state index in [0.717, 1.165) is 102 Å². The zero-order valence-corrected chi connectivity index (χ0v) is 23.2. The maximum Gasteiger partial charge on any atom is 0.254 e. The van der Waals surface area contributed by atoms with Gasteiger partial charge in [0.25, 0.3) is 5.91 Å². The first-order valence-corrected chi connectivity index (χ1v) is 14.1. The molecule has 6 nitrogen and oxygen atoms in total. The molecule has 0 spiro atoms. The van der Waals surface area contributed by atoms with Crippen molar-refractivity contribution in [1.29, 1.82) is 0 Å². The van der Waals surface area contributed by atoms with E-state index >= 15 is 0 Å². The minimum atomic E-state index is 0.107. The number of benzene rings is 3. The fraction of sp³-hybridized carbons (Fsp3) is 0.375. The van der Waals surface area contributed by atoms with Crippen LogP contribution in [0.4, 0.5) is 5.69 Å². The molecule has 0 bridgehead atoms. The Kier molecular flexibility index (Phi) is 7.79. The highest BCUT2D eigenvalue weighted by atomic mass is 16.3. The maximum absolute atomic E-state index is 13.8. The minimum absolute atomic E-state index is 0.107. The lowest BCUT2D eigenvalue weighted by atomic mass is 9.90. The third kappa shape index (κ3) is 4.81. The van der Waals surface area contributed by atoms with Crippen molar-refractivity contribution in [3.63, 3.8) is 0 Å². The summed E-state index contributed by atoms with van der Waals surface area (Å²) in [6, 6.07) is 21.1. The zero-order valence-electron chi connectivity index (χ0n) is 23.2. The van der Waals surface area contributed by atoms with Crippen LogP contribution in [-0.2, 0) is 0 Å². The standard InChI is InChI=1S/C32H39N4O2/c1-5-34(6-2)23-13-15-27-29(21-23)38-30-22-24(35(7-3)8-4)14-16-28(30)31(27)25-11-9-10-12-26(25)32(37)36-19-17-33-18-20-36/h9-16,21-22,33H,5-8,17-20H2,1-4H3/q+1/p+1. The summed E-state index contributed by atoms with van der Waals surface area (Å²) in [6.45, 7) is 15.9. The quantitative estimate of drug-likeness (QED) is 0.302. The molecule has 2 aromatic rings. The van der Waals surface area contributed by atoms with E-state index < -0.39 is 0 Å². The normalized spacial score (nSPS) is 13.7. The number of hydrogen-bond donors (Lipinski definition) is 1. The topological polar surface area (TPSA) is 56.3 Å². The van der Waals surface area contributed by atoms with Crippen molar-refractivity contribution in [3.05, 3.63) is 71.6 Å². The predicted molar refractivity (Wildman–Crippen MR) is 156 cm³/mol. The van der Waals surface area contributed by atoms with Crippen LogP contribution in [0.1, 0.15) is 38.1 Å². The summed E-state index contributed by atoms with van der Waals surface area (Å²) in [5.74, 6) is 0.943. The number of carbonyl (C=O) groups is 1. The number of quaternary nitrogens is 1. The molecule has 198 valence electrons. The highest BCUT2D eigenvalue weighted by molar-refractivity contribution is 6.09. The second-order valence-corrected chi connectivity index (χ2v) is 9.89. The number of rotatable bonds is 7. The van der Waals surface area contributed by atoms with E-state index in [-0.39, 0.29) is 5.91 Å². The second-order valence-electron chi connectivity index (χ2n) is 9.89. The number of carbonyl (C=O) groups excluding carboxylic acids is 1.